The van der Waals surface area contributed by atoms with E-state index in [1.54, 1.807) is 6.92 Å². The number of benzene rings is 1. The summed E-state index contributed by atoms with van der Waals surface area (Å²) in [6.45, 7) is 1.74. The fourth-order valence-electron chi connectivity index (χ4n) is 2.18. The Hall–Kier alpha value is -2.08. The predicted molar refractivity (Wildman–Crippen MR) is 75.2 cm³/mol. The fraction of sp³-hybridized carbons (Fsp3) is 0.467. The van der Waals surface area contributed by atoms with Crippen LogP contribution >= 0.6 is 0 Å². The van der Waals surface area contributed by atoms with Gasteiger partial charge in [0.15, 0.2) is 0 Å². The van der Waals surface area contributed by atoms with Crippen molar-refractivity contribution in [1.29, 1.82) is 0 Å². The van der Waals surface area contributed by atoms with Gasteiger partial charge < -0.3 is 4.74 Å². The molecule has 114 valence electrons. The van der Waals surface area contributed by atoms with Gasteiger partial charge >= 0.3 is 6.09 Å². The number of nitrogens with one attached hydrogen (secondary N) is 1. The summed E-state index contributed by atoms with van der Waals surface area (Å²) < 4.78 is 5.12. The molecule has 1 fully saturated rings. The lowest BCUT2D eigenvalue weighted by Gasteiger charge is -2.34. The van der Waals surface area contributed by atoms with Gasteiger partial charge in [0.1, 0.15) is 12.3 Å². The Morgan fingerprint density at radius 3 is 2.71 bits per heavy atom. The van der Waals surface area contributed by atoms with Crippen molar-refractivity contribution >= 4 is 12.5 Å². The van der Waals surface area contributed by atoms with Gasteiger partial charge in [-0.3, -0.25) is 15.3 Å². The van der Waals surface area contributed by atoms with Crippen LogP contribution in [0.15, 0.2) is 30.3 Å². The Morgan fingerprint density at radius 1 is 1.48 bits per heavy atom. The van der Waals surface area contributed by atoms with Crippen molar-refractivity contribution < 1.29 is 19.5 Å². The summed E-state index contributed by atoms with van der Waals surface area (Å²) in [6, 6.07) is 9.29. The van der Waals surface area contributed by atoms with Gasteiger partial charge in [-0.05, 0) is 24.8 Å². The van der Waals surface area contributed by atoms with E-state index < -0.39 is 11.8 Å². The molecule has 0 aliphatic heterocycles. The summed E-state index contributed by atoms with van der Waals surface area (Å²) in [7, 11) is 0. The maximum Gasteiger partial charge on any atom is 0.409 e. The highest BCUT2D eigenvalue weighted by Gasteiger charge is 2.39. The molecule has 0 bridgehead atoms. The minimum atomic E-state index is -1.14. The summed E-state index contributed by atoms with van der Waals surface area (Å²) in [4.78, 5) is 22.7. The van der Waals surface area contributed by atoms with Crippen molar-refractivity contribution in [2.24, 2.45) is 5.92 Å². The molecule has 1 aliphatic carbocycles. The van der Waals surface area contributed by atoms with E-state index in [4.69, 9.17) is 4.74 Å². The molecular formula is C15H20N2O4. The average molecular weight is 292 g/mol. The van der Waals surface area contributed by atoms with Crippen molar-refractivity contribution in [3.05, 3.63) is 35.9 Å². The van der Waals surface area contributed by atoms with Crippen LogP contribution < -0.4 is 5.32 Å². The molecule has 0 radical (unpaired) electrons. The van der Waals surface area contributed by atoms with E-state index in [1.807, 2.05) is 30.3 Å². The maximum absolute atomic E-state index is 11.9. The predicted octanol–water partition coefficient (Wildman–Crippen LogP) is 2.28. The third kappa shape index (κ3) is 4.46. The lowest BCUT2D eigenvalue weighted by molar-refractivity contribution is -0.183. The number of hydroxylamine groups is 2. The molecule has 2 rings (SSSR count). The molecular weight excluding hydrogens is 272 g/mol. The smallest absolute Gasteiger partial charge is 0.409 e. The molecule has 6 heteroatoms. The van der Waals surface area contributed by atoms with E-state index in [2.05, 4.69) is 5.32 Å². The van der Waals surface area contributed by atoms with Crippen LogP contribution in [0.25, 0.3) is 0 Å². The van der Waals surface area contributed by atoms with Crippen LogP contribution in [0.4, 0.5) is 4.79 Å². The van der Waals surface area contributed by atoms with Crippen LogP contribution in [0, 0.1) is 5.92 Å². The Labute approximate surface area is 123 Å². The normalized spacial score (nSPS) is 16.7. The van der Waals surface area contributed by atoms with Crippen molar-refractivity contribution in [3.63, 3.8) is 0 Å². The molecule has 1 aliphatic rings. The number of nitrogens with zero attached hydrogens (tertiary/aromatic N) is 1. The number of carbonyl (C=O) groups is 2. The molecule has 0 aromatic heterocycles. The fourth-order valence-corrected chi connectivity index (χ4v) is 2.18. The van der Waals surface area contributed by atoms with Crippen LogP contribution in [-0.2, 0) is 16.1 Å². The molecule has 21 heavy (non-hydrogen) atoms. The first kappa shape index (κ1) is 15.3. The zero-order chi connectivity index (χ0) is 15.3. The third-order valence-corrected chi connectivity index (χ3v) is 3.57. The Kier molecular flexibility index (Phi) is 4.80. The molecule has 1 unspecified atom stereocenters. The van der Waals surface area contributed by atoms with Gasteiger partial charge in [0.25, 0.3) is 0 Å². The van der Waals surface area contributed by atoms with Crippen LogP contribution in [0.1, 0.15) is 31.7 Å². The van der Waals surface area contributed by atoms with Crippen LogP contribution in [0.3, 0.4) is 0 Å². The van der Waals surface area contributed by atoms with Gasteiger partial charge in [-0.25, -0.2) is 9.86 Å². The van der Waals surface area contributed by atoms with E-state index in [0.29, 0.717) is 23.8 Å². The molecule has 2 amide bonds. The molecule has 1 atom stereocenters. The first-order valence-corrected chi connectivity index (χ1v) is 6.96. The monoisotopic (exact) mass is 292 g/mol. The highest BCUT2D eigenvalue weighted by Crippen LogP contribution is 2.37. The average Bonchev–Trinajstić information content (AvgIpc) is 3.29. The molecule has 1 saturated carbocycles. The van der Waals surface area contributed by atoms with Crippen LogP contribution in [0.2, 0.25) is 0 Å². The van der Waals surface area contributed by atoms with Crippen LogP contribution in [-0.4, -0.2) is 28.4 Å². The highest BCUT2D eigenvalue weighted by molar-refractivity contribution is 5.68. The standard InChI is InChI=1S/C15H20N2O4/c1-15(17(20)11-18,9-12-7-8-12)16-14(19)21-10-13-5-3-2-4-6-13/h2-6,11-12,20H,7-10H2,1H3,(H,16,19). The second-order valence-corrected chi connectivity index (χ2v) is 5.56. The molecule has 0 heterocycles. The van der Waals surface area contributed by atoms with Gasteiger partial charge in [0.2, 0.25) is 6.41 Å². The number of amides is 2. The summed E-state index contributed by atoms with van der Waals surface area (Å²) in [5.74, 6) is 0.416. The van der Waals surface area contributed by atoms with E-state index in [9.17, 15) is 14.8 Å². The zero-order valence-electron chi connectivity index (χ0n) is 12.0. The van der Waals surface area contributed by atoms with Crippen molar-refractivity contribution in [2.45, 2.75) is 38.5 Å². The summed E-state index contributed by atoms with van der Waals surface area (Å²) in [6.07, 6.45) is 2.22. The van der Waals surface area contributed by atoms with Gasteiger partial charge in [-0.15, -0.1) is 0 Å². The van der Waals surface area contributed by atoms with Gasteiger partial charge in [0, 0.05) is 0 Å². The highest BCUT2D eigenvalue weighted by atomic mass is 16.6. The topological polar surface area (TPSA) is 78.9 Å². The molecule has 0 spiro atoms. The Balaban J connectivity index is 1.89. The SMILES string of the molecule is CC(CC1CC1)(NC(=O)OCc1ccccc1)N(O)C=O. The van der Waals surface area contributed by atoms with E-state index in [0.717, 1.165) is 18.4 Å². The minimum Gasteiger partial charge on any atom is -0.445 e. The van der Waals surface area contributed by atoms with Gasteiger partial charge in [-0.2, -0.15) is 0 Å². The van der Waals surface area contributed by atoms with Crippen LogP contribution in [0.5, 0.6) is 0 Å². The number of alkyl carbamates (subject to hydrolysis) is 1. The quantitative estimate of drug-likeness (QED) is 0.350. The lowest BCUT2D eigenvalue weighted by Crippen LogP contribution is -2.57. The van der Waals surface area contributed by atoms with Gasteiger partial charge in [-0.1, -0.05) is 43.2 Å². The number of hydrogen-bond donors (Lipinski definition) is 2. The molecule has 2 N–H and O–H groups in total. The molecule has 1 aromatic carbocycles. The van der Waals surface area contributed by atoms with Crippen molar-refractivity contribution in [1.82, 2.24) is 10.4 Å². The van der Waals surface area contributed by atoms with E-state index in [-0.39, 0.29) is 6.61 Å². The minimum absolute atomic E-state index is 0.138. The third-order valence-electron chi connectivity index (χ3n) is 3.57. The molecule has 1 aromatic rings. The maximum atomic E-state index is 11.9. The van der Waals surface area contributed by atoms with Crippen molar-refractivity contribution in [2.75, 3.05) is 0 Å². The van der Waals surface area contributed by atoms with Crippen molar-refractivity contribution in [3.8, 4) is 0 Å². The number of hydrogen-bond acceptors (Lipinski definition) is 4. The zero-order valence-corrected chi connectivity index (χ0v) is 12.0. The summed E-state index contributed by atoms with van der Waals surface area (Å²) >= 11 is 0. The number of carbonyl (C=O) groups excluding carboxylic acids is 2. The molecule has 6 nitrogen and oxygen atoms in total. The van der Waals surface area contributed by atoms with E-state index in [1.165, 1.54) is 0 Å². The summed E-state index contributed by atoms with van der Waals surface area (Å²) in [5, 5.41) is 12.7. The molecule has 0 saturated heterocycles. The lowest BCUT2D eigenvalue weighted by atomic mass is 10.1. The van der Waals surface area contributed by atoms with Gasteiger partial charge in [0.05, 0.1) is 0 Å². The number of ether oxygens (including phenoxy) is 1. The first-order chi connectivity index (χ1) is 10.0. The number of rotatable bonds is 7. The first-order valence-electron chi connectivity index (χ1n) is 6.96. The van der Waals surface area contributed by atoms with E-state index >= 15 is 0 Å². The second kappa shape index (κ2) is 6.58. The Morgan fingerprint density at radius 2 is 2.14 bits per heavy atom. The largest absolute Gasteiger partial charge is 0.445 e. The Bertz CT molecular complexity index is 490. The summed E-state index contributed by atoms with van der Waals surface area (Å²) in [5.41, 5.74) is -0.274. The second-order valence-electron chi connectivity index (χ2n) is 5.56.